The minimum absolute atomic E-state index is 0.223. The van der Waals surface area contributed by atoms with Crippen LogP contribution in [-0.4, -0.2) is 12.0 Å². The molecule has 0 saturated heterocycles. The Balaban J connectivity index is 1.92. The molecule has 5 heteroatoms. The van der Waals surface area contributed by atoms with Crippen LogP contribution in [0.15, 0.2) is 41.0 Å². The first-order chi connectivity index (χ1) is 9.56. The summed E-state index contributed by atoms with van der Waals surface area (Å²) in [5, 5.41) is 3.23. The van der Waals surface area contributed by atoms with Gasteiger partial charge in [0.25, 0.3) is 5.91 Å². The quantitative estimate of drug-likeness (QED) is 0.920. The summed E-state index contributed by atoms with van der Waals surface area (Å²) in [5.41, 5.74) is 1.02. The zero-order valence-corrected chi connectivity index (χ0v) is 12.1. The van der Waals surface area contributed by atoms with Crippen LogP contribution in [-0.2, 0) is 11.3 Å². The molecule has 1 N–H and O–H groups in total. The highest BCUT2D eigenvalue weighted by Crippen LogP contribution is 2.26. The van der Waals surface area contributed by atoms with Crippen LogP contribution < -0.4 is 10.1 Å². The van der Waals surface area contributed by atoms with Gasteiger partial charge in [-0.1, -0.05) is 17.7 Å². The first kappa shape index (κ1) is 14.5. The van der Waals surface area contributed by atoms with E-state index in [1.54, 1.807) is 37.5 Å². The summed E-state index contributed by atoms with van der Waals surface area (Å²) in [5.74, 6) is 0.977. The van der Waals surface area contributed by atoms with Crippen molar-refractivity contribution in [3.63, 3.8) is 0 Å². The minimum Gasteiger partial charge on any atom is -0.479 e. The normalized spacial score (nSPS) is 11.9. The van der Waals surface area contributed by atoms with Gasteiger partial charge < -0.3 is 14.5 Å². The van der Waals surface area contributed by atoms with Gasteiger partial charge in [-0.25, -0.2) is 0 Å². The van der Waals surface area contributed by atoms with Crippen molar-refractivity contribution < 1.29 is 13.9 Å². The molecule has 0 unspecified atom stereocenters. The lowest BCUT2D eigenvalue weighted by Crippen LogP contribution is -2.35. The van der Waals surface area contributed by atoms with Gasteiger partial charge in [-0.2, -0.15) is 0 Å². The standard InChI is InChI=1S/C15H16ClNO3/c1-10-5-6-13(16)14(8-10)20-11(2)15(18)17-9-12-4-3-7-19-12/h3-8,11H,9H2,1-2H3,(H,17,18)/t11-/m1/s1. The maximum Gasteiger partial charge on any atom is 0.261 e. The highest BCUT2D eigenvalue weighted by Gasteiger charge is 2.16. The predicted octanol–water partition coefficient (Wildman–Crippen LogP) is 3.33. The van der Waals surface area contributed by atoms with Gasteiger partial charge in [0.15, 0.2) is 6.10 Å². The summed E-state index contributed by atoms with van der Waals surface area (Å²) in [4.78, 5) is 11.9. The maximum absolute atomic E-state index is 11.9. The molecular formula is C15H16ClNO3. The monoisotopic (exact) mass is 293 g/mol. The number of carbonyl (C=O) groups excluding carboxylic acids is 1. The Bertz CT molecular complexity index is 581. The number of furan rings is 1. The lowest BCUT2D eigenvalue weighted by molar-refractivity contribution is -0.127. The molecule has 1 amide bonds. The Morgan fingerprint density at radius 3 is 2.95 bits per heavy atom. The van der Waals surface area contributed by atoms with Crippen LogP contribution in [0.1, 0.15) is 18.2 Å². The number of rotatable bonds is 5. The van der Waals surface area contributed by atoms with Gasteiger partial charge in [0.05, 0.1) is 17.8 Å². The third kappa shape index (κ3) is 3.78. The number of carbonyl (C=O) groups is 1. The summed E-state index contributed by atoms with van der Waals surface area (Å²) < 4.78 is 10.7. The number of ether oxygens (including phenoxy) is 1. The SMILES string of the molecule is Cc1ccc(Cl)c(O[C@H](C)C(=O)NCc2ccco2)c1. The maximum atomic E-state index is 11.9. The van der Waals surface area contributed by atoms with E-state index in [0.717, 1.165) is 5.56 Å². The molecule has 0 aliphatic carbocycles. The van der Waals surface area contributed by atoms with Crippen LogP contribution in [0.3, 0.4) is 0 Å². The fourth-order valence-corrected chi connectivity index (χ4v) is 1.84. The average Bonchev–Trinajstić information content (AvgIpc) is 2.93. The Morgan fingerprint density at radius 1 is 1.45 bits per heavy atom. The Kier molecular flexibility index (Phi) is 4.69. The van der Waals surface area contributed by atoms with Crippen molar-refractivity contribution >= 4 is 17.5 Å². The van der Waals surface area contributed by atoms with E-state index in [1.807, 2.05) is 13.0 Å². The number of aryl methyl sites for hydroxylation is 1. The minimum atomic E-state index is -0.635. The van der Waals surface area contributed by atoms with Crippen LogP contribution in [0.2, 0.25) is 5.02 Å². The first-order valence-corrected chi connectivity index (χ1v) is 6.67. The molecule has 1 heterocycles. The molecule has 0 spiro atoms. The van der Waals surface area contributed by atoms with E-state index < -0.39 is 6.10 Å². The summed E-state index contributed by atoms with van der Waals surface area (Å²) in [6, 6.07) is 9.01. The largest absolute Gasteiger partial charge is 0.479 e. The molecule has 20 heavy (non-hydrogen) atoms. The summed E-state index contributed by atoms with van der Waals surface area (Å²) in [6.07, 6.45) is 0.928. The van der Waals surface area contributed by atoms with Gasteiger partial charge in [-0.05, 0) is 43.7 Å². The topological polar surface area (TPSA) is 51.5 Å². The predicted molar refractivity (Wildman–Crippen MR) is 76.8 cm³/mol. The van der Waals surface area contributed by atoms with Crippen molar-refractivity contribution in [2.45, 2.75) is 26.5 Å². The van der Waals surface area contributed by atoms with Crippen molar-refractivity contribution in [3.8, 4) is 5.75 Å². The van der Waals surface area contributed by atoms with E-state index in [4.69, 9.17) is 20.8 Å². The van der Waals surface area contributed by atoms with Crippen LogP contribution in [0.4, 0.5) is 0 Å². The molecule has 106 valence electrons. The number of halogens is 1. The highest BCUT2D eigenvalue weighted by molar-refractivity contribution is 6.32. The van der Waals surface area contributed by atoms with E-state index in [9.17, 15) is 4.79 Å². The fourth-order valence-electron chi connectivity index (χ4n) is 1.68. The Morgan fingerprint density at radius 2 is 2.25 bits per heavy atom. The van der Waals surface area contributed by atoms with E-state index in [1.165, 1.54) is 0 Å². The number of nitrogens with one attached hydrogen (secondary N) is 1. The zero-order valence-electron chi connectivity index (χ0n) is 11.4. The number of hydrogen-bond acceptors (Lipinski definition) is 3. The molecule has 2 aromatic rings. The second kappa shape index (κ2) is 6.48. The van der Waals surface area contributed by atoms with Crippen molar-refractivity contribution in [3.05, 3.63) is 52.9 Å². The average molecular weight is 294 g/mol. The smallest absolute Gasteiger partial charge is 0.261 e. The van der Waals surface area contributed by atoms with Crippen LogP contribution in [0, 0.1) is 6.92 Å². The Labute approximate surface area is 122 Å². The highest BCUT2D eigenvalue weighted by atomic mass is 35.5. The summed E-state index contributed by atoms with van der Waals surface area (Å²) in [6.45, 7) is 3.95. The van der Waals surface area contributed by atoms with Crippen molar-refractivity contribution in [2.24, 2.45) is 0 Å². The first-order valence-electron chi connectivity index (χ1n) is 6.29. The van der Waals surface area contributed by atoms with Gasteiger partial charge in [0.2, 0.25) is 0 Å². The third-order valence-corrected chi connectivity index (χ3v) is 3.09. The second-order valence-electron chi connectivity index (χ2n) is 4.49. The van der Waals surface area contributed by atoms with Crippen molar-refractivity contribution in [1.82, 2.24) is 5.32 Å². The number of benzene rings is 1. The molecule has 2 rings (SSSR count). The van der Waals surface area contributed by atoms with Crippen LogP contribution in [0.25, 0.3) is 0 Å². The molecular weight excluding hydrogens is 278 g/mol. The zero-order chi connectivity index (χ0) is 14.5. The van der Waals surface area contributed by atoms with Crippen molar-refractivity contribution in [2.75, 3.05) is 0 Å². The molecule has 0 aliphatic rings. The van der Waals surface area contributed by atoms with E-state index in [2.05, 4.69) is 5.32 Å². The molecule has 0 fully saturated rings. The van der Waals surface area contributed by atoms with Gasteiger partial charge in [0.1, 0.15) is 11.5 Å². The van der Waals surface area contributed by atoms with Crippen LogP contribution >= 0.6 is 11.6 Å². The Hall–Kier alpha value is -1.94. The molecule has 1 aromatic carbocycles. The van der Waals surface area contributed by atoms with Gasteiger partial charge in [0, 0.05) is 0 Å². The van der Waals surface area contributed by atoms with Crippen LogP contribution in [0.5, 0.6) is 5.75 Å². The molecule has 1 atom stereocenters. The van der Waals surface area contributed by atoms with E-state index >= 15 is 0 Å². The molecule has 0 saturated carbocycles. The van der Waals surface area contributed by atoms with E-state index in [0.29, 0.717) is 23.1 Å². The molecule has 4 nitrogen and oxygen atoms in total. The van der Waals surface area contributed by atoms with Gasteiger partial charge in [-0.15, -0.1) is 0 Å². The molecule has 1 aromatic heterocycles. The number of amides is 1. The summed E-state index contributed by atoms with van der Waals surface area (Å²) >= 11 is 6.03. The van der Waals surface area contributed by atoms with E-state index in [-0.39, 0.29) is 5.91 Å². The molecule has 0 bridgehead atoms. The lowest BCUT2D eigenvalue weighted by Gasteiger charge is -2.15. The number of hydrogen-bond donors (Lipinski definition) is 1. The fraction of sp³-hybridized carbons (Fsp3) is 0.267. The second-order valence-corrected chi connectivity index (χ2v) is 4.90. The third-order valence-electron chi connectivity index (χ3n) is 2.78. The summed E-state index contributed by atoms with van der Waals surface area (Å²) in [7, 11) is 0. The lowest BCUT2D eigenvalue weighted by atomic mass is 10.2. The molecule has 0 aliphatic heterocycles. The van der Waals surface area contributed by atoms with Gasteiger partial charge in [-0.3, -0.25) is 4.79 Å². The van der Waals surface area contributed by atoms with Gasteiger partial charge >= 0.3 is 0 Å². The molecule has 0 radical (unpaired) electrons. The van der Waals surface area contributed by atoms with Crippen molar-refractivity contribution in [1.29, 1.82) is 0 Å².